The normalized spacial score (nSPS) is 13.9. The molecule has 2 amide bonds. The highest BCUT2D eigenvalue weighted by molar-refractivity contribution is 7.89. The molecule has 0 atom stereocenters. The first-order chi connectivity index (χ1) is 11.8. The fourth-order valence-corrected chi connectivity index (χ4v) is 3.24. The lowest BCUT2D eigenvalue weighted by molar-refractivity contribution is -0.143. The van der Waals surface area contributed by atoms with Crippen molar-refractivity contribution in [1.29, 1.82) is 0 Å². The molecule has 1 heterocycles. The summed E-state index contributed by atoms with van der Waals surface area (Å²) in [6.07, 6.45) is 0.707. The van der Waals surface area contributed by atoms with Crippen molar-refractivity contribution < 1.29 is 18.0 Å². The Kier molecular flexibility index (Phi) is 4.56. The van der Waals surface area contributed by atoms with Gasteiger partial charge in [0.05, 0.1) is 4.90 Å². The number of nitrogens with one attached hydrogen (secondary N) is 1. The Bertz CT molecular complexity index is 923. The largest absolute Gasteiger partial charge is 0.330 e. The van der Waals surface area contributed by atoms with Gasteiger partial charge in [-0.2, -0.15) is 0 Å². The van der Waals surface area contributed by atoms with Crippen LogP contribution in [0.5, 0.6) is 0 Å². The summed E-state index contributed by atoms with van der Waals surface area (Å²) < 4.78 is 22.4. The zero-order chi connectivity index (χ0) is 18.0. The molecule has 2 aromatic rings. The summed E-state index contributed by atoms with van der Waals surface area (Å²) in [5, 5.41) is 7.49. The zero-order valence-electron chi connectivity index (χ0n) is 13.3. The van der Waals surface area contributed by atoms with Gasteiger partial charge in [-0.3, -0.25) is 9.59 Å². The van der Waals surface area contributed by atoms with Gasteiger partial charge in [-0.1, -0.05) is 24.3 Å². The molecule has 3 N–H and O–H groups in total. The molecule has 0 bridgehead atoms. The number of nitrogens with two attached hydrogens (primary N) is 1. The van der Waals surface area contributed by atoms with Crippen molar-refractivity contribution in [3.05, 3.63) is 59.7 Å². The molecule has 7 nitrogen and oxygen atoms in total. The Morgan fingerprint density at radius 1 is 1.00 bits per heavy atom. The van der Waals surface area contributed by atoms with E-state index in [0.29, 0.717) is 25.2 Å². The molecule has 25 heavy (non-hydrogen) atoms. The molecule has 130 valence electrons. The smallest absolute Gasteiger partial charge is 0.313 e. The Labute approximate surface area is 145 Å². The minimum atomic E-state index is -3.80. The van der Waals surface area contributed by atoms with E-state index in [9.17, 15) is 18.0 Å². The molecule has 1 aliphatic rings. The summed E-state index contributed by atoms with van der Waals surface area (Å²) in [4.78, 5) is 25.9. The topological polar surface area (TPSA) is 110 Å². The van der Waals surface area contributed by atoms with E-state index in [1.807, 2.05) is 24.3 Å². The van der Waals surface area contributed by atoms with Crippen molar-refractivity contribution in [2.45, 2.75) is 17.9 Å². The summed E-state index contributed by atoms with van der Waals surface area (Å²) >= 11 is 0. The lowest BCUT2D eigenvalue weighted by atomic mass is 10.00. The minimum Gasteiger partial charge on any atom is -0.330 e. The second kappa shape index (κ2) is 6.66. The molecular weight excluding hydrogens is 342 g/mol. The van der Waals surface area contributed by atoms with Gasteiger partial charge in [0.2, 0.25) is 10.0 Å². The number of nitrogens with zero attached hydrogens (tertiary/aromatic N) is 1. The van der Waals surface area contributed by atoms with Crippen molar-refractivity contribution >= 4 is 27.5 Å². The number of primary sulfonamides is 1. The molecule has 3 rings (SSSR count). The molecule has 0 radical (unpaired) electrons. The van der Waals surface area contributed by atoms with Gasteiger partial charge in [-0.25, -0.2) is 13.6 Å². The van der Waals surface area contributed by atoms with Gasteiger partial charge in [0.15, 0.2) is 0 Å². The fraction of sp³-hybridized carbons (Fsp3) is 0.176. The Hall–Kier alpha value is -2.71. The summed E-state index contributed by atoms with van der Waals surface area (Å²) in [5.74, 6) is -1.38. The zero-order valence-corrected chi connectivity index (χ0v) is 14.1. The molecule has 0 saturated heterocycles. The van der Waals surface area contributed by atoms with Crippen LogP contribution in [0.25, 0.3) is 0 Å². The highest BCUT2D eigenvalue weighted by Gasteiger charge is 2.25. The number of amides is 2. The Morgan fingerprint density at radius 2 is 1.64 bits per heavy atom. The lowest BCUT2D eigenvalue weighted by Crippen LogP contribution is -2.42. The Balaban J connectivity index is 1.66. The summed E-state index contributed by atoms with van der Waals surface area (Å²) in [7, 11) is -3.80. The molecule has 2 aromatic carbocycles. The van der Waals surface area contributed by atoms with Gasteiger partial charge in [0, 0.05) is 18.8 Å². The number of hydrogen-bond acceptors (Lipinski definition) is 4. The average molecular weight is 359 g/mol. The molecule has 0 aromatic heterocycles. The maximum atomic E-state index is 12.3. The van der Waals surface area contributed by atoms with Crippen LogP contribution in [0.1, 0.15) is 11.1 Å². The minimum absolute atomic E-state index is 0.0653. The molecule has 0 spiro atoms. The number of benzene rings is 2. The molecular formula is C17H17N3O4S. The standard InChI is InChI=1S/C17H17N3O4S/c18-25(23,24)15-7-5-14(6-8-15)19-16(21)17(22)20-10-9-12-3-1-2-4-13(12)11-20/h1-8H,9-11H2,(H,19,21)(H2,18,23,24). The molecule has 8 heteroatoms. The summed E-state index contributed by atoms with van der Waals surface area (Å²) in [6.45, 7) is 0.875. The summed E-state index contributed by atoms with van der Waals surface area (Å²) in [6, 6.07) is 13.1. The van der Waals surface area contributed by atoms with Gasteiger partial charge in [0.1, 0.15) is 0 Å². The maximum Gasteiger partial charge on any atom is 0.313 e. The van der Waals surface area contributed by atoms with Crippen molar-refractivity contribution in [3.8, 4) is 0 Å². The van der Waals surface area contributed by atoms with Crippen LogP contribution in [-0.2, 0) is 32.6 Å². The van der Waals surface area contributed by atoms with Crippen LogP contribution in [0.15, 0.2) is 53.4 Å². The van der Waals surface area contributed by atoms with Crippen molar-refractivity contribution in [3.63, 3.8) is 0 Å². The first-order valence-corrected chi connectivity index (χ1v) is 9.19. The number of sulfonamides is 1. The van der Waals surface area contributed by atoms with Crippen molar-refractivity contribution in [2.75, 3.05) is 11.9 Å². The van der Waals surface area contributed by atoms with Crippen LogP contribution in [0.3, 0.4) is 0 Å². The van der Waals surface area contributed by atoms with E-state index in [1.54, 1.807) is 0 Å². The number of carbonyl (C=O) groups is 2. The van der Waals surface area contributed by atoms with E-state index in [1.165, 1.54) is 34.7 Å². The number of fused-ring (bicyclic) bond motifs is 1. The highest BCUT2D eigenvalue weighted by atomic mass is 32.2. The Morgan fingerprint density at radius 3 is 2.28 bits per heavy atom. The lowest BCUT2D eigenvalue weighted by Gasteiger charge is -2.28. The van der Waals surface area contributed by atoms with Crippen LogP contribution < -0.4 is 10.5 Å². The summed E-state index contributed by atoms with van der Waals surface area (Å²) in [5.41, 5.74) is 2.54. The molecule has 0 unspecified atom stereocenters. The third-order valence-corrected chi connectivity index (χ3v) is 4.98. The first kappa shape index (κ1) is 17.1. The average Bonchev–Trinajstić information content (AvgIpc) is 2.60. The number of carbonyl (C=O) groups excluding carboxylic acids is 2. The predicted molar refractivity (Wildman–Crippen MR) is 92.0 cm³/mol. The first-order valence-electron chi connectivity index (χ1n) is 7.64. The van der Waals surface area contributed by atoms with Gasteiger partial charge in [-0.15, -0.1) is 0 Å². The quantitative estimate of drug-likeness (QED) is 0.775. The van der Waals surface area contributed by atoms with E-state index in [-0.39, 0.29) is 4.90 Å². The monoisotopic (exact) mass is 359 g/mol. The van der Waals surface area contributed by atoms with E-state index < -0.39 is 21.8 Å². The maximum absolute atomic E-state index is 12.3. The van der Waals surface area contributed by atoms with Gasteiger partial charge in [0.25, 0.3) is 0 Å². The molecule has 0 saturated carbocycles. The van der Waals surface area contributed by atoms with Crippen LogP contribution >= 0.6 is 0 Å². The molecule has 0 fully saturated rings. The molecule has 1 aliphatic heterocycles. The van der Waals surface area contributed by atoms with Crippen LogP contribution in [0, 0.1) is 0 Å². The predicted octanol–water partition coefficient (Wildman–Crippen LogP) is 0.857. The van der Waals surface area contributed by atoms with Crippen LogP contribution in [0.4, 0.5) is 5.69 Å². The SMILES string of the molecule is NS(=O)(=O)c1ccc(NC(=O)C(=O)N2CCc3ccccc3C2)cc1. The van der Waals surface area contributed by atoms with Crippen LogP contribution in [0.2, 0.25) is 0 Å². The highest BCUT2D eigenvalue weighted by Crippen LogP contribution is 2.19. The molecule has 0 aliphatic carbocycles. The van der Waals surface area contributed by atoms with E-state index in [0.717, 1.165) is 5.56 Å². The van der Waals surface area contributed by atoms with Crippen LogP contribution in [-0.4, -0.2) is 31.7 Å². The second-order valence-electron chi connectivity index (χ2n) is 5.77. The van der Waals surface area contributed by atoms with Gasteiger partial charge < -0.3 is 10.2 Å². The van der Waals surface area contributed by atoms with Crippen molar-refractivity contribution in [1.82, 2.24) is 4.90 Å². The van der Waals surface area contributed by atoms with Crippen molar-refractivity contribution in [2.24, 2.45) is 5.14 Å². The van der Waals surface area contributed by atoms with Gasteiger partial charge >= 0.3 is 11.8 Å². The third-order valence-electron chi connectivity index (χ3n) is 4.05. The number of anilines is 1. The second-order valence-corrected chi connectivity index (χ2v) is 7.33. The number of rotatable bonds is 2. The fourth-order valence-electron chi connectivity index (χ4n) is 2.73. The van der Waals surface area contributed by atoms with E-state index in [2.05, 4.69) is 5.32 Å². The van der Waals surface area contributed by atoms with E-state index >= 15 is 0 Å². The third kappa shape index (κ3) is 3.86. The van der Waals surface area contributed by atoms with Gasteiger partial charge in [-0.05, 0) is 41.8 Å². The number of hydrogen-bond donors (Lipinski definition) is 2. The van der Waals surface area contributed by atoms with E-state index in [4.69, 9.17) is 5.14 Å².